The maximum Gasteiger partial charge on any atom is 0.204 e. The molecule has 0 fully saturated rings. The molecule has 0 saturated carbocycles. The molecule has 0 aromatic heterocycles. The first-order valence-corrected chi connectivity index (χ1v) is 7.45. The molecule has 1 atom stereocenters. The number of allylic oxidation sites excluding steroid dienone is 2. The topological polar surface area (TPSA) is 26.3 Å². The lowest BCUT2D eigenvalue weighted by atomic mass is 9.74. The van der Waals surface area contributed by atoms with Crippen molar-refractivity contribution < 1.29 is 9.53 Å². The second kappa shape index (κ2) is 5.51. The third-order valence-corrected chi connectivity index (χ3v) is 4.13. The van der Waals surface area contributed by atoms with Gasteiger partial charge in [-0.3, -0.25) is 4.79 Å². The zero-order chi connectivity index (χ0) is 15.7. The van der Waals surface area contributed by atoms with Gasteiger partial charge in [0, 0.05) is 11.3 Å². The summed E-state index contributed by atoms with van der Waals surface area (Å²) in [5.41, 5.74) is 0.116. The molecule has 21 heavy (non-hydrogen) atoms. The minimum absolute atomic E-state index is 0.0409. The van der Waals surface area contributed by atoms with Crippen LogP contribution in [0.4, 0.5) is 0 Å². The van der Waals surface area contributed by atoms with Gasteiger partial charge in [-0.1, -0.05) is 57.5 Å². The molecule has 0 radical (unpaired) electrons. The van der Waals surface area contributed by atoms with Crippen LogP contribution in [-0.2, 0) is 4.79 Å². The van der Waals surface area contributed by atoms with Crippen molar-refractivity contribution in [1.29, 1.82) is 0 Å². The first-order chi connectivity index (χ1) is 9.77. The average Bonchev–Trinajstić information content (AvgIpc) is 2.43. The smallest absolute Gasteiger partial charge is 0.204 e. The summed E-state index contributed by atoms with van der Waals surface area (Å²) >= 11 is 0. The zero-order valence-electron chi connectivity index (χ0n) is 13.5. The number of ketones is 1. The molecule has 0 saturated heterocycles. The molecule has 0 bridgehead atoms. The number of hydrogen-bond donors (Lipinski definition) is 0. The SMILES string of the molecule is CC1=CC(Oc2ccccc2)(C(=O)C(C)C)C=CC1(C)C. The van der Waals surface area contributed by atoms with Gasteiger partial charge < -0.3 is 4.74 Å². The Morgan fingerprint density at radius 3 is 2.24 bits per heavy atom. The Hall–Kier alpha value is -1.83. The summed E-state index contributed by atoms with van der Waals surface area (Å²) in [6.45, 7) is 10.2. The third kappa shape index (κ3) is 3.10. The van der Waals surface area contributed by atoms with Crippen LogP contribution in [0.2, 0.25) is 0 Å². The molecule has 112 valence electrons. The van der Waals surface area contributed by atoms with Gasteiger partial charge in [0.15, 0.2) is 5.78 Å². The van der Waals surface area contributed by atoms with E-state index in [0.717, 1.165) is 5.57 Å². The largest absolute Gasteiger partial charge is 0.471 e. The van der Waals surface area contributed by atoms with Gasteiger partial charge >= 0.3 is 0 Å². The Balaban J connectivity index is 2.45. The molecule has 0 aliphatic heterocycles. The maximum atomic E-state index is 12.8. The molecule has 0 heterocycles. The van der Waals surface area contributed by atoms with Crippen LogP contribution in [0.3, 0.4) is 0 Å². The van der Waals surface area contributed by atoms with E-state index in [0.29, 0.717) is 5.75 Å². The van der Waals surface area contributed by atoms with Crippen molar-refractivity contribution in [2.24, 2.45) is 11.3 Å². The molecule has 2 nitrogen and oxygen atoms in total. The van der Waals surface area contributed by atoms with Crippen LogP contribution < -0.4 is 4.74 Å². The lowest BCUT2D eigenvalue weighted by molar-refractivity contribution is -0.131. The van der Waals surface area contributed by atoms with E-state index in [1.807, 2.05) is 56.3 Å². The number of para-hydroxylation sites is 1. The quantitative estimate of drug-likeness (QED) is 0.757. The summed E-state index contributed by atoms with van der Waals surface area (Å²) in [6.07, 6.45) is 5.96. The van der Waals surface area contributed by atoms with E-state index >= 15 is 0 Å². The summed E-state index contributed by atoms with van der Waals surface area (Å²) in [5, 5.41) is 0. The second-order valence-corrected chi connectivity index (χ2v) is 6.61. The fourth-order valence-electron chi connectivity index (χ4n) is 2.42. The number of carbonyl (C=O) groups excluding carboxylic acids is 1. The Bertz CT molecular complexity index is 579. The van der Waals surface area contributed by atoms with Crippen molar-refractivity contribution in [2.45, 2.75) is 40.2 Å². The standard InChI is InChI=1S/C19H24O2/c1-14(2)17(20)19(21-16-9-7-6-8-10-16)12-11-18(4,5)15(3)13-19/h6-14H,1-5H3. The van der Waals surface area contributed by atoms with Crippen molar-refractivity contribution >= 4 is 5.78 Å². The zero-order valence-corrected chi connectivity index (χ0v) is 13.5. The monoisotopic (exact) mass is 284 g/mol. The molecule has 0 spiro atoms. The van der Waals surface area contributed by atoms with E-state index in [1.165, 1.54) is 0 Å². The van der Waals surface area contributed by atoms with E-state index in [1.54, 1.807) is 0 Å². The molecule has 2 rings (SSSR count). The van der Waals surface area contributed by atoms with Gasteiger partial charge in [0.25, 0.3) is 0 Å². The Labute approximate surface area is 127 Å². The maximum absolute atomic E-state index is 12.8. The van der Waals surface area contributed by atoms with Gasteiger partial charge in [-0.25, -0.2) is 0 Å². The first kappa shape index (κ1) is 15.6. The van der Waals surface area contributed by atoms with Gasteiger partial charge in [-0.05, 0) is 31.2 Å². The number of rotatable bonds is 4. The van der Waals surface area contributed by atoms with Crippen LogP contribution in [0, 0.1) is 11.3 Å². The van der Waals surface area contributed by atoms with Crippen LogP contribution >= 0.6 is 0 Å². The molecule has 0 amide bonds. The van der Waals surface area contributed by atoms with Crippen LogP contribution in [0.25, 0.3) is 0 Å². The van der Waals surface area contributed by atoms with E-state index in [-0.39, 0.29) is 17.1 Å². The van der Waals surface area contributed by atoms with Crippen molar-refractivity contribution in [3.05, 3.63) is 54.1 Å². The number of ether oxygens (including phenoxy) is 1. The van der Waals surface area contributed by atoms with Gasteiger partial charge in [0.1, 0.15) is 5.75 Å². The molecule has 1 unspecified atom stereocenters. The van der Waals surface area contributed by atoms with Crippen molar-refractivity contribution in [2.75, 3.05) is 0 Å². The molecule has 2 heteroatoms. The van der Waals surface area contributed by atoms with Gasteiger partial charge in [-0.2, -0.15) is 0 Å². The number of hydrogen-bond acceptors (Lipinski definition) is 2. The number of benzene rings is 1. The molecule has 0 N–H and O–H groups in total. The van der Waals surface area contributed by atoms with E-state index in [2.05, 4.69) is 26.8 Å². The molecular weight excluding hydrogens is 260 g/mol. The molecule has 1 aromatic rings. The molecule has 1 aliphatic carbocycles. The summed E-state index contributed by atoms with van der Waals surface area (Å²) in [4.78, 5) is 12.8. The third-order valence-electron chi connectivity index (χ3n) is 4.13. The van der Waals surface area contributed by atoms with Gasteiger partial charge in [0.2, 0.25) is 5.60 Å². The van der Waals surface area contributed by atoms with Crippen molar-refractivity contribution in [3.8, 4) is 5.75 Å². The van der Waals surface area contributed by atoms with Crippen LogP contribution in [0.5, 0.6) is 5.75 Å². The summed E-state index contributed by atoms with van der Waals surface area (Å²) in [5.74, 6) is 0.695. The fraction of sp³-hybridized carbons (Fsp3) is 0.421. The van der Waals surface area contributed by atoms with Crippen LogP contribution in [-0.4, -0.2) is 11.4 Å². The Morgan fingerprint density at radius 1 is 1.10 bits per heavy atom. The molecule has 1 aliphatic rings. The Kier molecular flexibility index (Phi) is 4.08. The summed E-state index contributed by atoms with van der Waals surface area (Å²) < 4.78 is 6.12. The normalized spacial score (nSPS) is 23.8. The Morgan fingerprint density at radius 2 is 1.71 bits per heavy atom. The highest BCUT2D eigenvalue weighted by Gasteiger charge is 2.41. The molecule has 1 aromatic carbocycles. The highest BCUT2D eigenvalue weighted by Crippen LogP contribution is 2.38. The van der Waals surface area contributed by atoms with E-state index < -0.39 is 5.60 Å². The molecular formula is C19H24O2. The summed E-state index contributed by atoms with van der Waals surface area (Å²) in [7, 11) is 0. The minimum atomic E-state index is -0.991. The number of carbonyl (C=O) groups is 1. The van der Waals surface area contributed by atoms with E-state index in [9.17, 15) is 4.79 Å². The fourth-order valence-corrected chi connectivity index (χ4v) is 2.42. The van der Waals surface area contributed by atoms with Crippen LogP contribution in [0.1, 0.15) is 34.6 Å². The van der Waals surface area contributed by atoms with Gasteiger partial charge in [0.05, 0.1) is 0 Å². The van der Waals surface area contributed by atoms with E-state index in [4.69, 9.17) is 4.74 Å². The predicted molar refractivity (Wildman–Crippen MR) is 86.3 cm³/mol. The van der Waals surface area contributed by atoms with Crippen molar-refractivity contribution in [1.82, 2.24) is 0 Å². The average molecular weight is 284 g/mol. The highest BCUT2D eigenvalue weighted by atomic mass is 16.5. The van der Waals surface area contributed by atoms with Crippen molar-refractivity contribution in [3.63, 3.8) is 0 Å². The first-order valence-electron chi connectivity index (χ1n) is 7.45. The summed E-state index contributed by atoms with van der Waals surface area (Å²) in [6, 6.07) is 9.52. The lowest BCUT2D eigenvalue weighted by Crippen LogP contribution is -2.46. The van der Waals surface area contributed by atoms with Crippen LogP contribution in [0.15, 0.2) is 54.1 Å². The highest BCUT2D eigenvalue weighted by molar-refractivity contribution is 5.94. The lowest BCUT2D eigenvalue weighted by Gasteiger charge is -2.36. The predicted octanol–water partition coefficient (Wildman–Crippen LogP) is 4.57. The minimum Gasteiger partial charge on any atom is -0.471 e. The van der Waals surface area contributed by atoms with Gasteiger partial charge in [-0.15, -0.1) is 0 Å². The second-order valence-electron chi connectivity index (χ2n) is 6.61. The number of Topliss-reactive ketones (excluding diaryl/α,β-unsaturated/α-hetero) is 1.